The van der Waals surface area contributed by atoms with Crippen molar-refractivity contribution in [3.05, 3.63) is 84.0 Å². The predicted molar refractivity (Wildman–Crippen MR) is 139 cm³/mol. The molecule has 2 aromatic rings. The zero-order valence-electron chi connectivity index (χ0n) is 21.0. The zero-order valence-corrected chi connectivity index (χ0v) is 21.0. The van der Waals surface area contributed by atoms with Gasteiger partial charge >= 0.3 is 11.9 Å². The van der Waals surface area contributed by atoms with Crippen molar-refractivity contribution in [1.29, 1.82) is 0 Å². The number of carbonyl (C=O) groups is 2. The van der Waals surface area contributed by atoms with E-state index in [2.05, 4.69) is 13.8 Å². The molecule has 2 aromatic carbocycles. The molecule has 1 fully saturated rings. The normalized spacial score (nSPS) is 21.4. The van der Waals surface area contributed by atoms with E-state index in [4.69, 9.17) is 9.47 Å². The number of aromatic hydroxyl groups is 2. The highest BCUT2D eigenvalue weighted by atomic mass is 16.5. The third-order valence-corrected chi connectivity index (χ3v) is 6.54. The summed E-state index contributed by atoms with van der Waals surface area (Å²) in [5, 5.41) is 19.6. The summed E-state index contributed by atoms with van der Waals surface area (Å²) in [7, 11) is 0. The molecule has 0 heterocycles. The summed E-state index contributed by atoms with van der Waals surface area (Å²) in [6, 6.07) is 13.1. The fraction of sp³-hybridized carbons (Fsp3) is 0.400. The first-order chi connectivity index (χ1) is 17.5. The van der Waals surface area contributed by atoms with Crippen molar-refractivity contribution in [2.75, 3.05) is 13.2 Å². The second-order valence-electron chi connectivity index (χ2n) is 9.07. The summed E-state index contributed by atoms with van der Waals surface area (Å²) < 4.78 is 11.2. The van der Waals surface area contributed by atoms with E-state index in [9.17, 15) is 19.8 Å². The number of esters is 2. The van der Waals surface area contributed by atoms with Gasteiger partial charge in [0.15, 0.2) is 0 Å². The largest absolute Gasteiger partial charge is 0.508 e. The van der Waals surface area contributed by atoms with Crippen molar-refractivity contribution >= 4 is 11.9 Å². The van der Waals surface area contributed by atoms with Crippen LogP contribution in [0.1, 0.15) is 62.5 Å². The summed E-state index contributed by atoms with van der Waals surface area (Å²) in [5.41, 5.74) is 1.52. The summed E-state index contributed by atoms with van der Waals surface area (Å²) in [6.07, 6.45) is 11.5. The van der Waals surface area contributed by atoms with Crippen LogP contribution in [0.3, 0.4) is 0 Å². The topological polar surface area (TPSA) is 93.1 Å². The Kier molecular flexibility index (Phi) is 10.2. The van der Waals surface area contributed by atoms with Crippen LogP contribution < -0.4 is 0 Å². The Morgan fingerprint density at radius 2 is 1.03 bits per heavy atom. The van der Waals surface area contributed by atoms with Crippen molar-refractivity contribution in [2.45, 2.75) is 51.4 Å². The van der Waals surface area contributed by atoms with Crippen molar-refractivity contribution in [3.8, 4) is 11.5 Å². The number of carbonyl (C=O) groups excluding carboxylic acids is 2. The minimum atomic E-state index is -0.619. The van der Waals surface area contributed by atoms with Crippen molar-refractivity contribution < 1.29 is 29.3 Å². The lowest BCUT2D eigenvalue weighted by Gasteiger charge is -2.49. The Bertz CT molecular complexity index is 945. The summed E-state index contributed by atoms with van der Waals surface area (Å²) in [6.45, 7) is 4.48. The summed E-state index contributed by atoms with van der Waals surface area (Å²) in [5.74, 6) is -2.74. The first-order valence-electron chi connectivity index (χ1n) is 12.7. The van der Waals surface area contributed by atoms with Gasteiger partial charge in [-0.2, -0.15) is 0 Å². The molecule has 0 atom stereocenters. The van der Waals surface area contributed by atoms with Crippen molar-refractivity contribution in [2.24, 2.45) is 11.8 Å². The highest BCUT2D eigenvalue weighted by molar-refractivity contribution is 5.85. The Labute approximate surface area is 213 Å². The Morgan fingerprint density at radius 3 is 1.36 bits per heavy atom. The van der Waals surface area contributed by atoms with Crippen LogP contribution >= 0.6 is 0 Å². The van der Waals surface area contributed by atoms with E-state index in [-0.39, 0.29) is 36.7 Å². The van der Waals surface area contributed by atoms with E-state index in [1.807, 2.05) is 24.3 Å². The Balaban J connectivity index is 1.91. The van der Waals surface area contributed by atoms with Crippen LogP contribution in [0.5, 0.6) is 11.5 Å². The van der Waals surface area contributed by atoms with Gasteiger partial charge in [-0.05, 0) is 48.2 Å². The number of hydrogen-bond acceptors (Lipinski definition) is 6. The molecular formula is C30H36O6. The number of ether oxygens (including phenoxy) is 2. The number of phenolic OH excluding ortho intramolecular Hbond substituents is 2. The number of unbranched alkanes of at least 4 members (excludes halogenated alkanes) is 2. The van der Waals surface area contributed by atoms with Gasteiger partial charge in [0.05, 0.1) is 11.8 Å². The van der Waals surface area contributed by atoms with E-state index in [0.29, 0.717) is 0 Å². The van der Waals surface area contributed by atoms with E-state index in [0.717, 1.165) is 36.8 Å². The molecule has 6 nitrogen and oxygen atoms in total. The molecule has 2 N–H and O–H groups in total. The molecule has 0 unspecified atom stereocenters. The van der Waals surface area contributed by atoms with Crippen LogP contribution in [0.2, 0.25) is 0 Å². The standard InChI is InChI=1S/C30H36O6/c1-3-5-7-9-19-35-29(33)27-25(21-11-15-23(31)16-12-21)28(30(34)36-20-10-8-6-4-2)26(27)22-13-17-24(32)18-14-22/h7-18,25-28,31-32H,3-6,19-20H2,1-2H3/b9-7+,10-8+. The molecule has 192 valence electrons. The maximum absolute atomic E-state index is 13.3. The van der Waals surface area contributed by atoms with Gasteiger partial charge in [-0.3, -0.25) is 9.59 Å². The fourth-order valence-electron chi connectivity index (χ4n) is 4.71. The lowest BCUT2D eigenvalue weighted by Crippen LogP contribution is -2.52. The molecule has 0 bridgehead atoms. The molecule has 0 spiro atoms. The Morgan fingerprint density at radius 1 is 0.667 bits per heavy atom. The molecule has 6 heteroatoms. The van der Waals surface area contributed by atoms with Gasteiger partial charge < -0.3 is 19.7 Å². The molecule has 3 rings (SSSR count). The minimum Gasteiger partial charge on any atom is -0.508 e. The lowest BCUT2D eigenvalue weighted by molar-refractivity contribution is -0.166. The van der Waals surface area contributed by atoms with Crippen LogP contribution in [0.15, 0.2) is 72.8 Å². The second kappa shape index (κ2) is 13.5. The molecule has 0 amide bonds. The monoisotopic (exact) mass is 492 g/mol. The first kappa shape index (κ1) is 27.1. The summed E-state index contributed by atoms with van der Waals surface area (Å²) in [4.78, 5) is 26.7. The van der Waals surface area contributed by atoms with Gasteiger partial charge in [0.1, 0.15) is 24.7 Å². The van der Waals surface area contributed by atoms with E-state index in [1.165, 1.54) is 0 Å². The SMILES string of the molecule is CCC/C=C/COC(=O)C1C(c2ccc(O)cc2)C(C(=O)OC/C=C/CCC)C1c1ccc(O)cc1. The smallest absolute Gasteiger partial charge is 0.310 e. The number of allylic oxidation sites excluding steroid dienone is 2. The highest BCUT2D eigenvalue weighted by Crippen LogP contribution is 2.58. The van der Waals surface area contributed by atoms with Gasteiger partial charge in [0.2, 0.25) is 0 Å². The van der Waals surface area contributed by atoms with Gasteiger partial charge in [-0.1, -0.05) is 75.3 Å². The number of benzene rings is 2. The molecule has 0 radical (unpaired) electrons. The lowest BCUT2D eigenvalue weighted by atomic mass is 9.52. The molecule has 0 aliphatic heterocycles. The average molecular weight is 493 g/mol. The Hall–Kier alpha value is -3.54. The number of rotatable bonds is 12. The van der Waals surface area contributed by atoms with Crippen LogP contribution in [0, 0.1) is 11.8 Å². The number of hydrogen-bond donors (Lipinski definition) is 2. The summed E-state index contributed by atoms with van der Waals surface area (Å²) >= 11 is 0. The molecule has 0 aromatic heterocycles. The first-order valence-corrected chi connectivity index (χ1v) is 12.7. The maximum atomic E-state index is 13.3. The molecule has 0 saturated heterocycles. The van der Waals surface area contributed by atoms with Crippen molar-refractivity contribution in [1.82, 2.24) is 0 Å². The maximum Gasteiger partial charge on any atom is 0.310 e. The molecule has 1 aliphatic carbocycles. The van der Waals surface area contributed by atoms with Crippen LogP contribution in [0.4, 0.5) is 0 Å². The quantitative estimate of drug-likeness (QED) is 0.278. The van der Waals surface area contributed by atoms with Crippen LogP contribution in [-0.4, -0.2) is 35.4 Å². The molecule has 36 heavy (non-hydrogen) atoms. The van der Waals surface area contributed by atoms with E-state index < -0.39 is 23.7 Å². The molecular weight excluding hydrogens is 456 g/mol. The molecule has 1 saturated carbocycles. The zero-order chi connectivity index (χ0) is 25.9. The average Bonchev–Trinajstić information content (AvgIpc) is 2.85. The van der Waals surface area contributed by atoms with Crippen molar-refractivity contribution in [3.63, 3.8) is 0 Å². The van der Waals surface area contributed by atoms with Gasteiger partial charge in [0, 0.05) is 11.8 Å². The van der Waals surface area contributed by atoms with Gasteiger partial charge in [-0.15, -0.1) is 0 Å². The fourth-order valence-corrected chi connectivity index (χ4v) is 4.71. The third kappa shape index (κ3) is 6.78. The molecule has 1 aliphatic rings. The van der Waals surface area contributed by atoms with E-state index >= 15 is 0 Å². The van der Waals surface area contributed by atoms with Gasteiger partial charge in [0.25, 0.3) is 0 Å². The minimum absolute atomic E-state index is 0.105. The van der Waals surface area contributed by atoms with Gasteiger partial charge in [-0.25, -0.2) is 0 Å². The van der Waals surface area contributed by atoms with Crippen LogP contribution in [0.25, 0.3) is 0 Å². The second-order valence-corrected chi connectivity index (χ2v) is 9.07. The highest BCUT2D eigenvalue weighted by Gasteiger charge is 2.59. The predicted octanol–water partition coefficient (Wildman–Crippen LogP) is 6.01. The third-order valence-electron chi connectivity index (χ3n) is 6.54. The number of phenols is 2. The van der Waals surface area contributed by atoms with Crippen LogP contribution in [-0.2, 0) is 19.1 Å². The van der Waals surface area contributed by atoms with E-state index in [1.54, 1.807) is 48.5 Å².